The lowest BCUT2D eigenvalue weighted by molar-refractivity contribution is -0.166. The molecule has 1 spiro atoms. The highest BCUT2D eigenvalue weighted by Crippen LogP contribution is 2.34. The van der Waals surface area contributed by atoms with Crippen LogP contribution in [0.5, 0.6) is 5.75 Å². The van der Waals surface area contributed by atoms with E-state index in [2.05, 4.69) is 4.74 Å². The average Bonchev–Trinajstić information content (AvgIpc) is 2.96. The molecule has 2 heterocycles. The van der Waals surface area contributed by atoms with Crippen molar-refractivity contribution in [1.82, 2.24) is 4.90 Å². The Morgan fingerprint density at radius 1 is 1.29 bits per heavy atom. The molecule has 7 heteroatoms. The quantitative estimate of drug-likeness (QED) is 0.826. The van der Waals surface area contributed by atoms with Gasteiger partial charge in [-0.1, -0.05) is 12.1 Å². The van der Waals surface area contributed by atoms with Gasteiger partial charge in [-0.15, -0.1) is 0 Å². The van der Waals surface area contributed by atoms with Gasteiger partial charge in [0.05, 0.1) is 19.8 Å². The van der Waals surface area contributed by atoms with E-state index in [-0.39, 0.29) is 11.7 Å². The molecule has 0 bridgehead atoms. The van der Waals surface area contributed by atoms with Crippen molar-refractivity contribution in [2.24, 2.45) is 0 Å². The number of carbonyl (C=O) groups excluding carboxylic acids is 1. The highest BCUT2D eigenvalue weighted by atomic mass is 19.3. The topological polar surface area (TPSA) is 48.0 Å². The molecular formula is C17H21F2NO4. The Bertz CT molecular complexity index is 575. The Labute approximate surface area is 139 Å². The number of hydrogen-bond donors (Lipinski definition) is 0. The van der Waals surface area contributed by atoms with Crippen LogP contribution >= 0.6 is 0 Å². The van der Waals surface area contributed by atoms with Gasteiger partial charge in [-0.2, -0.15) is 8.78 Å². The van der Waals surface area contributed by atoms with Gasteiger partial charge in [0, 0.05) is 25.8 Å². The van der Waals surface area contributed by atoms with E-state index in [0.29, 0.717) is 52.0 Å². The molecule has 3 rings (SSSR count). The Hall–Kier alpha value is -1.73. The standard InChI is InChI=1S/C17H21F2NO4/c18-16(19)24-14-3-1-2-13(12-14)4-5-15(21)20-8-11-23-17(20)6-9-22-10-7-17/h1-3,12,16H,4-11H2. The molecule has 24 heavy (non-hydrogen) atoms. The summed E-state index contributed by atoms with van der Waals surface area (Å²) in [5.41, 5.74) is 0.276. The smallest absolute Gasteiger partial charge is 0.387 e. The number of aryl methyl sites for hydroxylation is 1. The van der Waals surface area contributed by atoms with Crippen LogP contribution in [0.25, 0.3) is 0 Å². The number of nitrogens with zero attached hydrogens (tertiary/aromatic N) is 1. The molecule has 0 aromatic heterocycles. The summed E-state index contributed by atoms with van der Waals surface area (Å²) in [4.78, 5) is 14.4. The molecule has 2 aliphatic heterocycles. The van der Waals surface area contributed by atoms with Crippen molar-refractivity contribution in [1.29, 1.82) is 0 Å². The Kier molecular flexibility index (Phi) is 5.30. The Morgan fingerprint density at radius 2 is 2.08 bits per heavy atom. The normalized spacial score (nSPS) is 19.9. The predicted octanol–water partition coefficient (Wildman–Crippen LogP) is 2.59. The lowest BCUT2D eigenvalue weighted by Gasteiger charge is -2.39. The molecule has 2 fully saturated rings. The third kappa shape index (κ3) is 3.84. The fourth-order valence-electron chi connectivity index (χ4n) is 3.33. The zero-order valence-corrected chi connectivity index (χ0v) is 13.4. The first-order valence-electron chi connectivity index (χ1n) is 8.15. The summed E-state index contributed by atoms with van der Waals surface area (Å²) in [6.07, 6.45) is 2.17. The van der Waals surface area contributed by atoms with E-state index in [1.807, 2.05) is 4.90 Å². The summed E-state index contributed by atoms with van der Waals surface area (Å²) in [7, 11) is 0. The summed E-state index contributed by atoms with van der Waals surface area (Å²) in [6.45, 7) is -0.526. The minimum absolute atomic E-state index is 0.0228. The molecule has 0 saturated carbocycles. The first-order chi connectivity index (χ1) is 11.6. The van der Waals surface area contributed by atoms with E-state index < -0.39 is 12.3 Å². The fraction of sp³-hybridized carbons (Fsp3) is 0.588. The van der Waals surface area contributed by atoms with E-state index in [0.717, 1.165) is 5.56 Å². The van der Waals surface area contributed by atoms with Crippen LogP contribution in [0.3, 0.4) is 0 Å². The number of amides is 1. The molecule has 132 valence electrons. The summed E-state index contributed by atoms with van der Waals surface area (Å²) < 4.78 is 40.1. The maximum atomic E-state index is 12.6. The molecule has 1 aromatic carbocycles. The van der Waals surface area contributed by atoms with Gasteiger partial charge >= 0.3 is 6.61 Å². The maximum absolute atomic E-state index is 12.6. The minimum Gasteiger partial charge on any atom is -0.435 e. The summed E-state index contributed by atoms with van der Waals surface area (Å²) >= 11 is 0. The van der Waals surface area contributed by atoms with Crippen LogP contribution in [0.2, 0.25) is 0 Å². The highest BCUT2D eigenvalue weighted by molar-refractivity contribution is 5.77. The van der Waals surface area contributed by atoms with Crippen molar-refractivity contribution >= 4 is 5.91 Å². The molecule has 2 saturated heterocycles. The molecule has 0 radical (unpaired) electrons. The summed E-state index contributed by atoms with van der Waals surface area (Å²) in [6, 6.07) is 6.47. The second kappa shape index (κ2) is 7.44. The number of alkyl halides is 2. The Morgan fingerprint density at radius 3 is 2.83 bits per heavy atom. The minimum atomic E-state index is -2.85. The van der Waals surface area contributed by atoms with Gasteiger partial charge in [-0.25, -0.2) is 0 Å². The van der Waals surface area contributed by atoms with Crippen molar-refractivity contribution in [2.75, 3.05) is 26.4 Å². The van der Waals surface area contributed by atoms with Gasteiger partial charge in [-0.3, -0.25) is 4.79 Å². The molecule has 1 amide bonds. The number of benzene rings is 1. The lowest BCUT2D eigenvalue weighted by Crippen LogP contribution is -2.51. The first kappa shape index (κ1) is 17.1. The van der Waals surface area contributed by atoms with Gasteiger partial charge in [-0.05, 0) is 24.1 Å². The van der Waals surface area contributed by atoms with E-state index in [9.17, 15) is 13.6 Å². The van der Waals surface area contributed by atoms with Gasteiger partial charge < -0.3 is 19.1 Å². The molecular weight excluding hydrogens is 320 g/mol. The van der Waals surface area contributed by atoms with E-state index in [1.54, 1.807) is 18.2 Å². The third-order valence-electron chi connectivity index (χ3n) is 4.50. The van der Waals surface area contributed by atoms with Crippen LogP contribution < -0.4 is 4.74 Å². The van der Waals surface area contributed by atoms with Crippen LogP contribution in [-0.4, -0.2) is 49.5 Å². The van der Waals surface area contributed by atoms with Crippen molar-refractivity contribution < 1.29 is 27.8 Å². The van der Waals surface area contributed by atoms with Crippen molar-refractivity contribution in [3.05, 3.63) is 29.8 Å². The molecule has 0 aliphatic carbocycles. The first-order valence-corrected chi connectivity index (χ1v) is 8.15. The molecule has 0 N–H and O–H groups in total. The molecule has 0 atom stereocenters. The Balaban J connectivity index is 1.59. The predicted molar refractivity (Wildman–Crippen MR) is 81.8 cm³/mol. The highest BCUT2D eigenvalue weighted by Gasteiger charge is 2.45. The van der Waals surface area contributed by atoms with Crippen LogP contribution in [0.1, 0.15) is 24.8 Å². The zero-order chi connectivity index (χ0) is 17.0. The van der Waals surface area contributed by atoms with E-state index in [1.165, 1.54) is 6.07 Å². The fourth-order valence-corrected chi connectivity index (χ4v) is 3.33. The number of carbonyl (C=O) groups is 1. The SMILES string of the molecule is O=C(CCc1cccc(OC(F)F)c1)N1CCOC12CCOCC2. The number of ether oxygens (including phenoxy) is 3. The van der Waals surface area contributed by atoms with E-state index in [4.69, 9.17) is 9.47 Å². The molecule has 1 aromatic rings. The third-order valence-corrected chi connectivity index (χ3v) is 4.50. The average molecular weight is 341 g/mol. The van der Waals surface area contributed by atoms with Crippen LogP contribution in [0.4, 0.5) is 8.78 Å². The van der Waals surface area contributed by atoms with Crippen LogP contribution in [0, 0.1) is 0 Å². The van der Waals surface area contributed by atoms with Gasteiger partial charge in [0.1, 0.15) is 11.5 Å². The van der Waals surface area contributed by atoms with Gasteiger partial charge in [0.2, 0.25) is 5.91 Å². The monoisotopic (exact) mass is 341 g/mol. The largest absolute Gasteiger partial charge is 0.435 e. The molecule has 0 unspecified atom stereocenters. The zero-order valence-electron chi connectivity index (χ0n) is 13.4. The van der Waals surface area contributed by atoms with Crippen LogP contribution in [0.15, 0.2) is 24.3 Å². The van der Waals surface area contributed by atoms with Gasteiger partial charge in [0.15, 0.2) is 0 Å². The lowest BCUT2D eigenvalue weighted by atomic mass is 10.0. The van der Waals surface area contributed by atoms with E-state index >= 15 is 0 Å². The summed E-state index contributed by atoms with van der Waals surface area (Å²) in [5.74, 6) is 0.134. The number of hydrogen-bond acceptors (Lipinski definition) is 4. The van der Waals surface area contributed by atoms with Gasteiger partial charge in [0.25, 0.3) is 0 Å². The molecule has 2 aliphatic rings. The van der Waals surface area contributed by atoms with Crippen LogP contribution in [-0.2, 0) is 20.7 Å². The second-order valence-electron chi connectivity index (χ2n) is 5.98. The maximum Gasteiger partial charge on any atom is 0.387 e. The summed E-state index contributed by atoms with van der Waals surface area (Å²) in [5, 5.41) is 0. The molecule has 5 nitrogen and oxygen atoms in total. The number of rotatable bonds is 5. The number of halogens is 2. The van der Waals surface area contributed by atoms with Crippen molar-refractivity contribution in [2.45, 2.75) is 38.0 Å². The van der Waals surface area contributed by atoms with Crippen molar-refractivity contribution in [3.8, 4) is 5.75 Å². The van der Waals surface area contributed by atoms with Crippen molar-refractivity contribution in [3.63, 3.8) is 0 Å². The second-order valence-corrected chi connectivity index (χ2v) is 5.98.